The average molecular weight is 356 g/mol. The first-order chi connectivity index (χ1) is 11.8. The van der Waals surface area contributed by atoms with Gasteiger partial charge in [0.15, 0.2) is 0 Å². The molecule has 0 bridgehead atoms. The number of alkyl halides is 3. The minimum absolute atomic E-state index is 0.217. The third-order valence-electron chi connectivity index (χ3n) is 3.66. The highest BCUT2D eigenvalue weighted by atomic mass is 19.4. The van der Waals surface area contributed by atoms with Gasteiger partial charge in [0.2, 0.25) is 5.82 Å². The maximum Gasteiger partial charge on any atom is 0.471 e. The van der Waals surface area contributed by atoms with Crippen molar-refractivity contribution >= 4 is 5.91 Å². The van der Waals surface area contributed by atoms with Crippen LogP contribution in [-0.2, 0) is 6.18 Å². The number of halogens is 3. The Morgan fingerprint density at radius 1 is 1.28 bits per heavy atom. The molecule has 0 atom stereocenters. The molecule has 0 aliphatic rings. The van der Waals surface area contributed by atoms with Crippen molar-refractivity contribution in [3.8, 4) is 11.4 Å². The highest BCUT2D eigenvalue weighted by Gasteiger charge is 2.38. The fourth-order valence-electron chi connectivity index (χ4n) is 2.22. The Morgan fingerprint density at radius 2 is 2.00 bits per heavy atom. The van der Waals surface area contributed by atoms with Crippen LogP contribution in [0.15, 0.2) is 28.8 Å². The number of hydrogen-bond donors (Lipinski definition) is 1. The Labute approximate surface area is 143 Å². The summed E-state index contributed by atoms with van der Waals surface area (Å²) in [6, 6.07) is 6.06. The highest BCUT2D eigenvalue weighted by molar-refractivity contribution is 5.95. The molecule has 25 heavy (non-hydrogen) atoms. The molecular weight excluding hydrogens is 337 g/mol. The van der Waals surface area contributed by atoms with E-state index in [4.69, 9.17) is 0 Å². The van der Waals surface area contributed by atoms with Crippen LogP contribution in [-0.4, -0.2) is 47.1 Å². The van der Waals surface area contributed by atoms with Gasteiger partial charge < -0.3 is 14.7 Å². The van der Waals surface area contributed by atoms with Gasteiger partial charge in [0.25, 0.3) is 5.91 Å². The molecule has 9 heteroatoms. The zero-order valence-corrected chi connectivity index (χ0v) is 13.9. The van der Waals surface area contributed by atoms with Gasteiger partial charge in [-0.1, -0.05) is 31.1 Å². The van der Waals surface area contributed by atoms with Crippen LogP contribution >= 0.6 is 0 Å². The van der Waals surface area contributed by atoms with E-state index in [0.717, 1.165) is 19.6 Å². The minimum atomic E-state index is -4.70. The van der Waals surface area contributed by atoms with Crippen molar-refractivity contribution in [2.24, 2.45) is 0 Å². The molecule has 6 nitrogen and oxygen atoms in total. The maximum atomic E-state index is 12.5. The second-order valence-electron chi connectivity index (χ2n) is 5.28. The quantitative estimate of drug-likeness (QED) is 0.826. The summed E-state index contributed by atoms with van der Waals surface area (Å²) in [6.07, 6.45) is -4.70. The summed E-state index contributed by atoms with van der Waals surface area (Å²) in [5, 5.41) is 6.10. The summed E-state index contributed by atoms with van der Waals surface area (Å²) >= 11 is 0. The molecule has 136 valence electrons. The molecule has 1 heterocycles. The Morgan fingerprint density at radius 3 is 2.60 bits per heavy atom. The van der Waals surface area contributed by atoms with Crippen molar-refractivity contribution in [2.45, 2.75) is 20.0 Å². The van der Waals surface area contributed by atoms with E-state index in [0.29, 0.717) is 12.1 Å². The minimum Gasteiger partial charge on any atom is -0.351 e. The van der Waals surface area contributed by atoms with E-state index in [1.54, 1.807) is 12.1 Å². The Bertz CT molecular complexity index is 711. The molecule has 0 aliphatic carbocycles. The molecular formula is C16H19F3N4O2. The SMILES string of the molecule is CCN(CC)CCNC(=O)c1cccc(-c2noc(C(F)(F)F)n2)c1. The van der Waals surface area contributed by atoms with Gasteiger partial charge in [0.1, 0.15) is 0 Å². The molecule has 1 amide bonds. The lowest BCUT2D eigenvalue weighted by molar-refractivity contribution is -0.159. The number of carbonyl (C=O) groups is 1. The molecule has 0 saturated carbocycles. The predicted octanol–water partition coefficient (Wildman–Crippen LogP) is 2.83. The summed E-state index contributed by atoms with van der Waals surface area (Å²) in [4.78, 5) is 17.7. The normalized spacial score (nSPS) is 11.8. The van der Waals surface area contributed by atoms with Crippen molar-refractivity contribution in [2.75, 3.05) is 26.2 Å². The lowest BCUT2D eigenvalue weighted by Crippen LogP contribution is -2.34. The zero-order valence-electron chi connectivity index (χ0n) is 13.9. The zero-order chi connectivity index (χ0) is 18.4. The van der Waals surface area contributed by atoms with Gasteiger partial charge in [-0.15, -0.1) is 0 Å². The van der Waals surface area contributed by atoms with E-state index in [1.807, 2.05) is 13.8 Å². The third kappa shape index (κ3) is 5.02. The number of benzene rings is 1. The smallest absolute Gasteiger partial charge is 0.351 e. The monoisotopic (exact) mass is 356 g/mol. The predicted molar refractivity (Wildman–Crippen MR) is 84.9 cm³/mol. The molecule has 2 aromatic rings. The van der Waals surface area contributed by atoms with Crippen LogP contribution in [0.1, 0.15) is 30.1 Å². The molecule has 1 N–H and O–H groups in total. The van der Waals surface area contributed by atoms with Crippen molar-refractivity contribution in [3.05, 3.63) is 35.7 Å². The summed E-state index contributed by atoms with van der Waals surface area (Å²) < 4.78 is 41.8. The number of rotatable bonds is 7. The van der Waals surface area contributed by atoms with E-state index in [1.165, 1.54) is 12.1 Å². The molecule has 0 aliphatic heterocycles. The third-order valence-corrected chi connectivity index (χ3v) is 3.66. The van der Waals surface area contributed by atoms with Gasteiger partial charge in [-0.3, -0.25) is 4.79 Å². The van der Waals surface area contributed by atoms with Crippen molar-refractivity contribution < 1.29 is 22.5 Å². The number of likely N-dealkylation sites (N-methyl/N-ethyl adjacent to an activating group) is 1. The van der Waals surface area contributed by atoms with Gasteiger partial charge in [-0.25, -0.2) is 0 Å². The molecule has 0 unspecified atom stereocenters. The number of aromatic nitrogens is 2. The van der Waals surface area contributed by atoms with Gasteiger partial charge in [-0.05, 0) is 25.2 Å². The van der Waals surface area contributed by atoms with E-state index in [2.05, 4.69) is 24.9 Å². The second kappa shape index (κ2) is 8.11. The second-order valence-corrected chi connectivity index (χ2v) is 5.28. The number of nitrogens with one attached hydrogen (secondary N) is 1. The topological polar surface area (TPSA) is 71.3 Å². The van der Waals surface area contributed by atoms with E-state index >= 15 is 0 Å². The molecule has 0 spiro atoms. The molecule has 0 radical (unpaired) electrons. The molecule has 2 rings (SSSR count). The van der Waals surface area contributed by atoms with Crippen molar-refractivity contribution in [3.63, 3.8) is 0 Å². The first kappa shape index (κ1) is 18.9. The Hall–Kier alpha value is -2.42. The van der Waals surface area contributed by atoms with Crippen LogP contribution in [0.2, 0.25) is 0 Å². The Balaban J connectivity index is 2.05. The summed E-state index contributed by atoms with van der Waals surface area (Å²) in [6.45, 7) is 7.05. The molecule has 1 aromatic heterocycles. The average Bonchev–Trinajstić information content (AvgIpc) is 3.09. The van der Waals surface area contributed by atoms with Gasteiger partial charge in [0, 0.05) is 24.2 Å². The van der Waals surface area contributed by atoms with E-state index in [9.17, 15) is 18.0 Å². The summed E-state index contributed by atoms with van der Waals surface area (Å²) in [5.41, 5.74) is 0.589. The number of carbonyl (C=O) groups excluding carboxylic acids is 1. The highest BCUT2D eigenvalue weighted by Crippen LogP contribution is 2.29. The van der Waals surface area contributed by atoms with Crippen molar-refractivity contribution in [1.29, 1.82) is 0 Å². The lowest BCUT2D eigenvalue weighted by atomic mass is 10.1. The van der Waals surface area contributed by atoms with Gasteiger partial charge >= 0.3 is 12.1 Å². The van der Waals surface area contributed by atoms with Crippen LogP contribution in [0.25, 0.3) is 11.4 Å². The van der Waals surface area contributed by atoms with Crippen LogP contribution in [0.5, 0.6) is 0 Å². The van der Waals surface area contributed by atoms with Gasteiger partial charge in [0.05, 0.1) is 0 Å². The van der Waals surface area contributed by atoms with Crippen molar-refractivity contribution in [1.82, 2.24) is 20.4 Å². The molecule has 0 saturated heterocycles. The lowest BCUT2D eigenvalue weighted by Gasteiger charge is -2.17. The van der Waals surface area contributed by atoms with Gasteiger partial charge in [-0.2, -0.15) is 18.2 Å². The van der Waals surface area contributed by atoms with Crippen LogP contribution in [0.4, 0.5) is 13.2 Å². The van der Waals surface area contributed by atoms with Crippen LogP contribution in [0.3, 0.4) is 0 Å². The van der Waals surface area contributed by atoms with E-state index < -0.39 is 12.1 Å². The summed E-state index contributed by atoms with van der Waals surface area (Å²) in [5.74, 6) is -1.95. The molecule has 0 fully saturated rings. The largest absolute Gasteiger partial charge is 0.471 e. The number of amides is 1. The summed E-state index contributed by atoms with van der Waals surface area (Å²) in [7, 11) is 0. The first-order valence-electron chi connectivity index (χ1n) is 7.87. The van der Waals surface area contributed by atoms with Crippen LogP contribution < -0.4 is 5.32 Å². The first-order valence-corrected chi connectivity index (χ1v) is 7.87. The number of nitrogens with zero attached hydrogens (tertiary/aromatic N) is 3. The van der Waals surface area contributed by atoms with Crippen LogP contribution in [0, 0.1) is 0 Å². The number of hydrogen-bond acceptors (Lipinski definition) is 5. The Kier molecular flexibility index (Phi) is 6.13. The maximum absolute atomic E-state index is 12.5. The standard InChI is InChI=1S/C16H19F3N4O2/c1-3-23(4-2)9-8-20-14(24)12-7-5-6-11(10-12)13-21-15(25-22-13)16(17,18)19/h5-7,10H,3-4,8-9H2,1-2H3,(H,20,24). The fourth-order valence-corrected chi connectivity index (χ4v) is 2.22. The van der Waals surface area contributed by atoms with E-state index in [-0.39, 0.29) is 17.3 Å². The molecule has 1 aromatic carbocycles. The fraction of sp³-hybridized carbons (Fsp3) is 0.438.